The summed E-state index contributed by atoms with van der Waals surface area (Å²) < 4.78 is 11.2. The van der Waals surface area contributed by atoms with Gasteiger partial charge < -0.3 is 14.6 Å². The molecule has 0 radical (unpaired) electrons. The standard InChI is InChI=1S/C34H40N2O6S/c1-8-9-18-41-25-16-12-23(13-17-25)28(37)26-27(22-10-14-24(15-11-22)34(5,6)7)36(31(39)29(26)38)33-35-21(4)30(43-33)32(40)42-19-20(2)3/h10-17,20,27,37H,8-9,18-19H2,1-7H3/b28-26+. The number of esters is 1. The minimum atomic E-state index is -0.959. The maximum atomic E-state index is 13.6. The molecular formula is C34H40N2O6S. The second-order valence-electron chi connectivity index (χ2n) is 12.2. The molecule has 2 aromatic carbocycles. The number of aliphatic hydroxyl groups is 1. The monoisotopic (exact) mass is 604 g/mol. The third-order valence-electron chi connectivity index (χ3n) is 7.16. The first-order chi connectivity index (χ1) is 20.3. The molecule has 43 heavy (non-hydrogen) atoms. The third kappa shape index (κ3) is 6.99. The van der Waals surface area contributed by atoms with Crippen molar-refractivity contribution in [1.29, 1.82) is 0 Å². The number of unbranched alkanes of at least 4 members (excludes halogenated alkanes) is 1. The average Bonchev–Trinajstić information content (AvgIpc) is 3.47. The van der Waals surface area contributed by atoms with Gasteiger partial charge in [0.15, 0.2) is 5.13 Å². The van der Waals surface area contributed by atoms with Crippen LogP contribution in [0.4, 0.5) is 5.13 Å². The van der Waals surface area contributed by atoms with E-state index >= 15 is 0 Å². The van der Waals surface area contributed by atoms with Gasteiger partial charge in [0.1, 0.15) is 16.4 Å². The highest BCUT2D eigenvalue weighted by atomic mass is 32.1. The Bertz CT molecular complexity index is 1510. The predicted octanol–water partition coefficient (Wildman–Crippen LogP) is 7.37. The molecule has 1 unspecified atom stereocenters. The van der Waals surface area contributed by atoms with Gasteiger partial charge >= 0.3 is 11.9 Å². The summed E-state index contributed by atoms with van der Waals surface area (Å²) in [7, 11) is 0. The molecule has 1 N–H and O–H groups in total. The number of aryl methyl sites for hydroxylation is 1. The second kappa shape index (κ2) is 13.1. The first-order valence-electron chi connectivity index (χ1n) is 14.6. The number of hydrogen-bond donors (Lipinski definition) is 1. The van der Waals surface area contributed by atoms with Crippen LogP contribution >= 0.6 is 11.3 Å². The van der Waals surface area contributed by atoms with Crippen LogP contribution in [-0.2, 0) is 19.7 Å². The van der Waals surface area contributed by atoms with Gasteiger partial charge in [-0.15, -0.1) is 0 Å². The third-order valence-corrected chi connectivity index (χ3v) is 8.29. The molecule has 1 aromatic heterocycles. The Morgan fingerprint density at radius 1 is 1.07 bits per heavy atom. The van der Waals surface area contributed by atoms with Crippen LogP contribution in [0.2, 0.25) is 0 Å². The lowest BCUT2D eigenvalue weighted by Gasteiger charge is -2.24. The van der Waals surface area contributed by atoms with Crippen LogP contribution in [0.5, 0.6) is 5.75 Å². The minimum Gasteiger partial charge on any atom is -0.507 e. The summed E-state index contributed by atoms with van der Waals surface area (Å²) >= 11 is 0.996. The van der Waals surface area contributed by atoms with Crippen molar-refractivity contribution in [2.45, 2.75) is 72.8 Å². The smallest absolute Gasteiger partial charge is 0.350 e. The van der Waals surface area contributed by atoms with Gasteiger partial charge in [0.25, 0.3) is 5.78 Å². The summed E-state index contributed by atoms with van der Waals surface area (Å²) in [6.07, 6.45) is 1.93. The zero-order valence-electron chi connectivity index (χ0n) is 25.9. The molecule has 4 rings (SSSR count). The SMILES string of the molecule is CCCCOc1ccc(/C(O)=C2\C(=O)C(=O)N(c3nc(C)c(C(=O)OCC(C)C)s3)C2c2ccc(C(C)(C)C)cc2)cc1. The number of nitrogens with zero attached hydrogens (tertiary/aromatic N) is 2. The molecule has 1 amide bonds. The fourth-order valence-corrected chi connectivity index (χ4v) is 5.68. The molecule has 3 aromatic rings. The van der Waals surface area contributed by atoms with Crippen LogP contribution < -0.4 is 9.64 Å². The Morgan fingerprint density at radius 3 is 2.30 bits per heavy atom. The highest BCUT2D eigenvalue weighted by Gasteiger charge is 2.48. The topological polar surface area (TPSA) is 106 Å². The van der Waals surface area contributed by atoms with E-state index in [-0.39, 0.29) is 39.3 Å². The van der Waals surface area contributed by atoms with Crippen molar-refractivity contribution in [3.05, 3.63) is 81.4 Å². The van der Waals surface area contributed by atoms with Gasteiger partial charge in [0.2, 0.25) is 0 Å². The molecule has 1 atom stereocenters. The molecule has 1 aliphatic heterocycles. The van der Waals surface area contributed by atoms with Gasteiger partial charge in [-0.1, -0.05) is 83.6 Å². The van der Waals surface area contributed by atoms with E-state index in [1.807, 2.05) is 38.1 Å². The van der Waals surface area contributed by atoms with Crippen LogP contribution in [0.3, 0.4) is 0 Å². The van der Waals surface area contributed by atoms with Gasteiger partial charge in [0, 0.05) is 5.56 Å². The number of aromatic nitrogens is 1. The van der Waals surface area contributed by atoms with Gasteiger partial charge in [0.05, 0.1) is 30.5 Å². The van der Waals surface area contributed by atoms with E-state index in [1.165, 1.54) is 4.90 Å². The Morgan fingerprint density at radius 2 is 1.72 bits per heavy atom. The molecular weight excluding hydrogens is 564 g/mol. The van der Waals surface area contributed by atoms with E-state index in [4.69, 9.17) is 9.47 Å². The summed E-state index contributed by atoms with van der Waals surface area (Å²) in [5.74, 6) is -1.68. The van der Waals surface area contributed by atoms with Gasteiger partial charge in [-0.05, 0) is 60.1 Å². The number of carbonyl (C=O) groups excluding carboxylic acids is 3. The van der Waals surface area contributed by atoms with Crippen molar-refractivity contribution in [2.24, 2.45) is 5.92 Å². The Kier molecular flexibility index (Phi) is 9.75. The van der Waals surface area contributed by atoms with E-state index in [2.05, 4.69) is 32.7 Å². The lowest BCUT2D eigenvalue weighted by atomic mass is 9.85. The molecule has 8 nitrogen and oxygen atoms in total. The van der Waals surface area contributed by atoms with E-state index in [1.54, 1.807) is 31.2 Å². The Balaban J connectivity index is 1.80. The fraction of sp³-hybridized carbons (Fsp3) is 0.412. The zero-order valence-corrected chi connectivity index (χ0v) is 26.7. The lowest BCUT2D eigenvalue weighted by molar-refractivity contribution is -0.132. The molecule has 1 fully saturated rings. The number of hydrogen-bond acceptors (Lipinski definition) is 8. The minimum absolute atomic E-state index is 0.0510. The van der Waals surface area contributed by atoms with E-state index in [9.17, 15) is 19.5 Å². The number of benzene rings is 2. The molecule has 0 saturated carbocycles. The number of Topliss-reactive ketones (excluding diaryl/α,β-unsaturated/α-hetero) is 1. The van der Waals surface area contributed by atoms with Crippen LogP contribution in [0, 0.1) is 12.8 Å². The lowest BCUT2D eigenvalue weighted by Crippen LogP contribution is -2.29. The van der Waals surface area contributed by atoms with Crippen molar-refractivity contribution in [1.82, 2.24) is 4.98 Å². The Labute approximate surface area is 257 Å². The molecule has 0 bridgehead atoms. The summed E-state index contributed by atoms with van der Waals surface area (Å²) in [5.41, 5.74) is 2.32. The number of ketones is 1. The highest BCUT2D eigenvalue weighted by molar-refractivity contribution is 7.17. The number of anilines is 1. The van der Waals surface area contributed by atoms with Gasteiger partial charge in [-0.2, -0.15) is 0 Å². The van der Waals surface area contributed by atoms with Crippen LogP contribution in [0.15, 0.2) is 54.1 Å². The van der Waals surface area contributed by atoms with Crippen molar-refractivity contribution in [2.75, 3.05) is 18.1 Å². The molecule has 9 heteroatoms. The maximum absolute atomic E-state index is 13.6. The van der Waals surface area contributed by atoms with Crippen molar-refractivity contribution in [3.8, 4) is 5.75 Å². The molecule has 2 heterocycles. The zero-order chi connectivity index (χ0) is 31.5. The quantitative estimate of drug-likeness (QED) is 0.0847. The summed E-state index contributed by atoms with van der Waals surface area (Å²) in [6, 6.07) is 13.5. The molecule has 0 spiro atoms. The first kappa shape index (κ1) is 31.9. The molecule has 1 saturated heterocycles. The first-order valence-corrected chi connectivity index (χ1v) is 15.4. The normalized spacial score (nSPS) is 16.7. The number of amides is 1. The number of ether oxygens (including phenoxy) is 2. The van der Waals surface area contributed by atoms with Crippen molar-refractivity contribution >= 4 is 39.9 Å². The highest BCUT2D eigenvalue weighted by Crippen LogP contribution is 2.44. The average molecular weight is 605 g/mol. The molecule has 228 valence electrons. The van der Waals surface area contributed by atoms with Crippen LogP contribution in [-0.4, -0.2) is 41.0 Å². The van der Waals surface area contributed by atoms with E-state index in [0.717, 1.165) is 29.7 Å². The number of rotatable bonds is 10. The summed E-state index contributed by atoms with van der Waals surface area (Å²) in [6.45, 7) is 14.8. The van der Waals surface area contributed by atoms with Crippen LogP contribution in [0.25, 0.3) is 5.76 Å². The molecule has 0 aliphatic carbocycles. The fourth-order valence-electron chi connectivity index (χ4n) is 4.69. The van der Waals surface area contributed by atoms with Crippen molar-refractivity contribution in [3.63, 3.8) is 0 Å². The number of aliphatic hydroxyl groups excluding tert-OH is 1. The largest absolute Gasteiger partial charge is 0.507 e. The number of carbonyl (C=O) groups is 3. The van der Waals surface area contributed by atoms with Crippen LogP contribution in [0.1, 0.15) is 92.5 Å². The predicted molar refractivity (Wildman–Crippen MR) is 169 cm³/mol. The molecule has 1 aliphatic rings. The van der Waals surface area contributed by atoms with Gasteiger partial charge in [-0.3, -0.25) is 14.5 Å². The summed E-state index contributed by atoms with van der Waals surface area (Å²) in [4.78, 5) is 46.1. The van der Waals surface area contributed by atoms with E-state index < -0.39 is 23.7 Å². The summed E-state index contributed by atoms with van der Waals surface area (Å²) in [5, 5.41) is 11.7. The second-order valence-corrected chi connectivity index (χ2v) is 13.1. The maximum Gasteiger partial charge on any atom is 0.350 e. The van der Waals surface area contributed by atoms with E-state index in [0.29, 0.717) is 29.2 Å². The van der Waals surface area contributed by atoms with Gasteiger partial charge in [-0.25, -0.2) is 9.78 Å². The van der Waals surface area contributed by atoms with Crippen molar-refractivity contribution < 1.29 is 29.0 Å². The Hall–Kier alpha value is -3.98. The number of thiazole rings is 1.